The predicted molar refractivity (Wildman–Crippen MR) is 72.1 cm³/mol. The second-order valence-electron chi connectivity index (χ2n) is 4.70. The maximum Gasteiger partial charge on any atom is 0.244 e. The van der Waals surface area contributed by atoms with Gasteiger partial charge < -0.3 is 15.0 Å². The number of rotatable bonds is 4. The maximum absolute atomic E-state index is 12.2. The van der Waals surface area contributed by atoms with Crippen molar-refractivity contribution in [3.63, 3.8) is 0 Å². The lowest BCUT2D eigenvalue weighted by Crippen LogP contribution is -2.44. The van der Waals surface area contributed by atoms with Crippen molar-refractivity contribution in [3.05, 3.63) is 12.4 Å². The Bertz CT molecular complexity index is 415. The number of anilines is 1. The van der Waals surface area contributed by atoms with Gasteiger partial charge in [0.1, 0.15) is 6.04 Å². The lowest BCUT2D eigenvalue weighted by molar-refractivity contribution is -0.132. The Morgan fingerprint density at radius 3 is 2.53 bits per heavy atom. The van der Waals surface area contributed by atoms with Crippen molar-refractivity contribution in [2.75, 3.05) is 25.5 Å². The van der Waals surface area contributed by atoms with Crippen LogP contribution in [-0.2, 0) is 4.79 Å². The fourth-order valence-corrected chi connectivity index (χ4v) is 2.14. The van der Waals surface area contributed by atoms with E-state index in [1.807, 2.05) is 11.8 Å². The molecule has 0 saturated carbocycles. The standard InChI is InChI=1S/C13H20N4O2/c1-10(12(18)17-6-4-3-5-7-17)16-13-14-8-11(19-2)9-15-13/h8-10H,3-7H2,1-2H3,(H,14,15,16). The van der Waals surface area contributed by atoms with Crippen LogP contribution in [0.25, 0.3) is 0 Å². The molecule has 104 valence electrons. The Kier molecular flexibility index (Phi) is 4.54. The number of nitrogens with zero attached hydrogens (tertiary/aromatic N) is 3. The first-order valence-electron chi connectivity index (χ1n) is 6.62. The van der Waals surface area contributed by atoms with Crippen LogP contribution in [0, 0.1) is 0 Å². The van der Waals surface area contributed by atoms with E-state index >= 15 is 0 Å². The molecule has 6 nitrogen and oxygen atoms in total. The molecule has 1 N–H and O–H groups in total. The molecule has 0 aromatic carbocycles. The molecule has 1 unspecified atom stereocenters. The van der Waals surface area contributed by atoms with Crippen LogP contribution in [0.15, 0.2) is 12.4 Å². The topological polar surface area (TPSA) is 67.3 Å². The lowest BCUT2D eigenvalue weighted by atomic mass is 10.1. The Balaban J connectivity index is 1.91. The van der Waals surface area contributed by atoms with Crippen LogP contribution in [0.2, 0.25) is 0 Å². The van der Waals surface area contributed by atoms with Crippen molar-refractivity contribution in [2.24, 2.45) is 0 Å². The summed E-state index contributed by atoms with van der Waals surface area (Å²) < 4.78 is 4.99. The molecule has 19 heavy (non-hydrogen) atoms. The average molecular weight is 264 g/mol. The van der Waals surface area contributed by atoms with Gasteiger partial charge in [0.2, 0.25) is 11.9 Å². The molecule has 1 amide bonds. The van der Waals surface area contributed by atoms with E-state index in [0.717, 1.165) is 25.9 Å². The number of amides is 1. The van der Waals surface area contributed by atoms with Gasteiger partial charge in [-0.3, -0.25) is 4.79 Å². The zero-order valence-electron chi connectivity index (χ0n) is 11.4. The summed E-state index contributed by atoms with van der Waals surface area (Å²) in [7, 11) is 1.56. The molecule has 1 fully saturated rings. The third kappa shape index (κ3) is 3.56. The summed E-state index contributed by atoms with van der Waals surface area (Å²) in [6, 6.07) is -0.313. The van der Waals surface area contributed by atoms with E-state index in [4.69, 9.17) is 4.74 Å². The van der Waals surface area contributed by atoms with Crippen molar-refractivity contribution >= 4 is 11.9 Å². The molecule has 1 aliphatic rings. The van der Waals surface area contributed by atoms with Crippen LogP contribution in [-0.4, -0.2) is 47.0 Å². The first-order valence-corrected chi connectivity index (χ1v) is 6.62. The third-order valence-electron chi connectivity index (χ3n) is 3.25. The Morgan fingerprint density at radius 2 is 1.95 bits per heavy atom. The molecular weight excluding hydrogens is 244 g/mol. The Morgan fingerprint density at radius 1 is 1.32 bits per heavy atom. The summed E-state index contributed by atoms with van der Waals surface area (Å²) in [5.74, 6) is 1.15. The minimum atomic E-state index is -0.313. The summed E-state index contributed by atoms with van der Waals surface area (Å²) in [5, 5.41) is 3.02. The molecule has 6 heteroatoms. The van der Waals surface area contributed by atoms with Gasteiger partial charge in [-0.25, -0.2) is 9.97 Å². The summed E-state index contributed by atoms with van der Waals surface area (Å²) in [6.07, 6.45) is 6.56. The summed E-state index contributed by atoms with van der Waals surface area (Å²) in [4.78, 5) is 22.3. The highest BCUT2D eigenvalue weighted by Crippen LogP contribution is 2.12. The number of aromatic nitrogens is 2. The van der Waals surface area contributed by atoms with E-state index in [9.17, 15) is 4.79 Å². The minimum Gasteiger partial charge on any atom is -0.494 e. The number of hydrogen-bond donors (Lipinski definition) is 1. The van der Waals surface area contributed by atoms with Crippen molar-refractivity contribution in [2.45, 2.75) is 32.2 Å². The molecule has 1 aromatic rings. The highest BCUT2D eigenvalue weighted by atomic mass is 16.5. The van der Waals surface area contributed by atoms with E-state index in [1.165, 1.54) is 6.42 Å². The van der Waals surface area contributed by atoms with Crippen molar-refractivity contribution < 1.29 is 9.53 Å². The molecule has 0 radical (unpaired) electrons. The van der Waals surface area contributed by atoms with Gasteiger partial charge in [0.25, 0.3) is 0 Å². The first-order chi connectivity index (χ1) is 9.20. The van der Waals surface area contributed by atoms with Gasteiger partial charge in [0.05, 0.1) is 19.5 Å². The van der Waals surface area contributed by atoms with Crippen molar-refractivity contribution in [1.82, 2.24) is 14.9 Å². The number of hydrogen-bond acceptors (Lipinski definition) is 5. The molecule has 2 rings (SSSR count). The van der Waals surface area contributed by atoms with Crippen LogP contribution < -0.4 is 10.1 Å². The van der Waals surface area contributed by atoms with Gasteiger partial charge in [-0.05, 0) is 26.2 Å². The SMILES string of the molecule is COc1cnc(NC(C)C(=O)N2CCCCC2)nc1. The molecule has 1 saturated heterocycles. The van der Waals surface area contributed by atoms with Gasteiger partial charge in [-0.2, -0.15) is 0 Å². The predicted octanol–water partition coefficient (Wildman–Crippen LogP) is 1.30. The number of carbonyl (C=O) groups excluding carboxylic acids is 1. The molecule has 1 aromatic heterocycles. The van der Waals surface area contributed by atoms with E-state index in [0.29, 0.717) is 11.7 Å². The van der Waals surface area contributed by atoms with Crippen LogP contribution >= 0.6 is 0 Å². The van der Waals surface area contributed by atoms with E-state index in [2.05, 4.69) is 15.3 Å². The highest BCUT2D eigenvalue weighted by Gasteiger charge is 2.22. The van der Waals surface area contributed by atoms with Gasteiger partial charge >= 0.3 is 0 Å². The van der Waals surface area contributed by atoms with Gasteiger partial charge in [-0.15, -0.1) is 0 Å². The number of carbonyl (C=O) groups is 1. The molecule has 0 aliphatic carbocycles. The number of nitrogens with one attached hydrogen (secondary N) is 1. The largest absolute Gasteiger partial charge is 0.494 e. The lowest BCUT2D eigenvalue weighted by Gasteiger charge is -2.29. The van der Waals surface area contributed by atoms with Crippen molar-refractivity contribution in [3.8, 4) is 5.75 Å². The van der Waals surface area contributed by atoms with Crippen LogP contribution in [0.1, 0.15) is 26.2 Å². The third-order valence-corrected chi connectivity index (χ3v) is 3.25. The number of ether oxygens (including phenoxy) is 1. The molecule has 1 atom stereocenters. The number of methoxy groups -OCH3 is 1. The van der Waals surface area contributed by atoms with Gasteiger partial charge in [-0.1, -0.05) is 0 Å². The first kappa shape index (κ1) is 13.6. The van der Waals surface area contributed by atoms with Gasteiger partial charge in [0, 0.05) is 13.1 Å². The normalized spacial score (nSPS) is 16.8. The molecule has 1 aliphatic heterocycles. The minimum absolute atomic E-state index is 0.110. The average Bonchev–Trinajstić information content (AvgIpc) is 2.48. The van der Waals surface area contributed by atoms with E-state index < -0.39 is 0 Å². The zero-order valence-corrected chi connectivity index (χ0v) is 11.4. The summed E-state index contributed by atoms with van der Waals surface area (Å²) in [6.45, 7) is 3.55. The summed E-state index contributed by atoms with van der Waals surface area (Å²) in [5.41, 5.74) is 0. The fraction of sp³-hybridized carbons (Fsp3) is 0.615. The van der Waals surface area contributed by atoms with Crippen LogP contribution in [0.5, 0.6) is 5.75 Å². The maximum atomic E-state index is 12.2. The van der Waals surface area contributed by atoms with E-state index in [1.54, 1.807) is 19.5 Å². The van der Waals surface area contributed by atoms with E-state index in [-0.39, 0.29) is 11.9 Å². The monoisotopic (exact) mass is 264 g/mol. The summed E-state index contributed by atoms with van der Waals surface area (Å²) >= 11 is 0. The molecule has 0 bridgehead atoms. The van der Waals surface area contributed by atoms with Crippen LogP contribution in [0.3, 0.4) is 0 Å². The molecule has 0 spiro atoms. The quantitative estimate of drug-likeness (QED) is 0.887. The number of likely N-dealkylation sites (tertiary alicyclic amines) is 1. The Hall–Kier alpha value is -1.85. The smallest absolute Gasteiger partial charge is 0.244 e. The molecule has 2 heterocycles. The second-order valence-corrected chi connectivity index (χ2v) is 4.70. The molecular formula is C13H20N4O2. The second kappa shape index (κ2) is 6.36. The Labute approximate surface area is 113 Å². The number of piperidine rings is 1. The van der Waals surface area contributed by atoms with Crippen molar-refractivity contribution in [1.29, 1.82) is 0 Å². The fourth-order valence-electron chi connectivity index (χ4n) is 2.14. The highest BCUT2D eigenvalue weighted by molar-refractivity contribution is 5.83. The van der Waals surface area contributed by atoms with Gasteiger partial charge in [0.15, 0.2) is 5.75 Å². The zero-order chi connectivity index (χ0) is 13.7. The van der Waals surface area contributed by atoms with Crippen LogP contribution in [0.4, 0.5) is 5.95 Å².